The summed E-state index contributed by atoms with van der Waals surface area (Å²) in [5.74, 6) is 0. The summed E-state index contributed by atoms with van der Waals surface area (Å²) in [5.41, 5.74) is 0.527. The predicted octanol–water partition coefficient (Wildman–Crippen LogP) is 4.59. The lowest BCUT2D eigenvalue weighted by atomic mass is 10.1. The first kappa shape index (κ1) is 19.4. The number of anilines is 1. The molecule has 1 aliphatic rings. The standard InChI is InChI=1S/C18H17ClF3N3O2/c19-17-5-4-16(25(26)27)10-13(17)12-23-6-8-24(9-7-23)15-3-1-2-14(11-15)18(20,21)22/h1-5,10-11H,6-9,12H2. The number of nitro groups is 1. The van der Waals surface area contributed by atoms with Gasteiger partial charge in [-0.2, -0.15) is 13.2 Å². The summed E-state index contributed by atoms with van der Waals surface area (Å²) < 4.78 is 38.6. The third kappa shape index (κ3) is 4.70. The van der Waals surface area contributed by atoms with Gasteiger partial charge in [0.05, 0.1) is 10.5 Å². The van der Waals surface area contributed by atoms with Crippen molar-refractivity contribution >= 4 is 23.0 Å². The van der Waals surface area contributed by atoms with E-state index in [-0.39, 0.29) is 5.69 Å². The minimum absolute atomic E-state index is 0.0167. The summed E-state index contributed by atoms with van der Waals surface area (Å²) >= 11 is 6.14. The number of benzene rings is 2. The van der Waals surface area contributed by atoms with Gasteiger partial charge in [0.1, 0.15) is 0 Å². The Hall–Kier alpha value is -2.32. The molecule has 1 heterocycles. The molecule has 5 nitrogen and oxygen atoms in total. The molecule has 2 aromatic rings. The lowest BCUT2D eigenvalue weighted by Gasteiger charge is -2.36. The molecule has 2 aromatic carbocycles. The number of nitro benzene ring substituents is 1. The zero-order valence-electron chi connectivity index (χ0n) is 14.2. The van der Waals surface area contributed by atoms with Gasteiger partial charge in [0.15, 0.2) is 0 Å². The number of piperazine rings is 1. The van der Waals surface area contributed by atoms with Crippen molar-refractivity contribution in [3.8, 4) is 0 Å². The Kier molecular flexibility index (Phi) is 5.57. The number of hydrogen-bond donors (Lipinski definition) is 0. The number of non-ortho nitro benzene ring substituents is 1. The molecule has 0 unspecified atom stereocenters. The van der Waals surface area contributed by atoms with Crippen LogP contribution in [0, 0.1) is 10.1 Å². The quantitative estimate of drug-likeness (QED) is 0.557. The maximum absolute atomic E-state index is 12.9. The van der Waals surface area contributed by atoms with E-state index in [1.54, 1.807) is 6.07 Å². The molecule has 1 saturated heterocycles. The molecule has 1 fully saturated rings. The van der Waals surface area contributed by atoms with E-state index in [0.717, 1.165) is 12.1 Å². The van der Waals surface area contributed by atoms with Crippen LogP contribution >= 0.6 is 11.6 Å². The monoisotopic (exact) mass is 399 g/mol. The van der Waals surface area contributed by atoms with Gasteiger partial charge >= 0.3 is 6.18 Å². The summed E-state index contributed by atoms with van der Waals surface area (Å²) in [7, 11) is 0. The fourth-order valence-electron chi connectivity index (χ4n) is 3.08. The van der Waals surface area contributed by atoms with Gasteiger partial charge in [0, 0.05) is 55.6 Å². The second kappa shape index (κ2) is 7.74. The van der Waals surface area contributed by atoms with E-state index in [2.05, 4.69) is 4.90 Å². The van der Waals surface area contributed by atoms with Crippen LogP contribution in [0.25, 0.3) is 0 Å². The molecule has 9 heteroatoms. The van der Waals surface area contributed by atoms with Crippen LogP contribution in [0.1, 0.15) is 11.1 Å². The Balaban J connectivity index is 1.65. The van der Waals surface area contributed by atoms with E-state index < -0.39 is 16.7 Å². The van der Waals surface area contributed by atoms with Crippen LogP contribution < -0.4 is 4.90 Å². The van der Waals surface area contributed by atoms with E-state index >= 15 is 0 Å². The van der Waals surface area contributed by atoms with Crippen molar-refractivity contribution in [1.29, 1.82) is 0 Å². The van der Waals surface area contributed by atoms with Gasteiger partial charge in [0.25, 0.3) is 5.69 Å². The van der Waals surface area contributed by atoms with Crippen molar-refractivity contribution in [2.45, 2.75) is 12.7 Å². The van der Waals surface area contributed by atoms with Crippen LogP contribution in [0.3, 0.4) is 0 Å². The SMILES string of the molecule is O=[N+]([O-])c1ccc(Cl)c(CN2CCN(c3cccc(C(F)(F)F)c3)CC2)c1. The van der Waals surface area contributed by atoms with Crippen LogP contribution in [0.5, 0.6) is 0 Å². The highest BCUT2D eigenvalue weighted by Crippen LogP contribution is 2.32. The average molecular weight is 400 g/mol. The normalized spacial score (nSPS) is 15.8. The summed E-state index contributed by atoms with van der Waals surface area (Å²) in [6, 6.07) is 9.62. The molecule has 0 aliphatic carbocycles. The fourth-order valence-corrected chi connectivity index (χ4v) is 3.26. The third-order valence-electron chi connectivity index (χ3n) is 4.54. The maximum atomic E-state index is 12.9. The van der Waals surface area contributed by atoms with E-state index in [1.165, 1.54) is 24.3 Å². The van der Waals surface area contributed by atoms with Crippen LogP contribution in [-0.2, 0) is 12.7 Å². The van der Waals surface area contributed by atoms with Crippen molar-refractivity contribution in [1.82, 2.24) is 4.90 Å². The average Bonchev–Trinajstić information content (AvgIpc) is 2.63. The van der Waals surface area contributed by atoms with Crippen LogP contribution in [-0.4, -0.2) is 36.0 Å². The van der Waals surface area contributed by atoms with Crippen molar-refractivity contribution in [2.24, 2.45) is 0 Å². The summed E-state index contributed by atoms with van der Waals surface area (Å²) in [4.78, 5) is 14.4. The van der Waals surface area contributed by atoms with E-state index in [0.29, 0.717) is 49.0 Å². The summed E-state index contributed by atoms with van der Waals surface area (Å²) in [6.45, 7) is 2.82. The van der Waals surface area contributed by atoms with Gasteiger partial charge in [-0.25, -0.2) is 0 Å². The van der Waals surface area contributed by atoms with Crippen molar-refractivity contribution in [3.05, 3.63) is 68.7 Å². The fraction of sp³-hybridized carbons (Fsp3) is 0.333. The second-order valence-electron chi connectivity index (χ2n) is 6.34. The van der Waals surface area contributed by atoms with Gasteiger partial charge in [-0.1, -0.05) is 17.7 Å². The summed E-state index contributed by atoms with van der Waals surface area (Å²) in [6.07, 6.45) is -4.36. The molecule has 0 radical (unpaired) electrons. The molecule has 144 valence electrons. The predicted molar refractivity (Wildman–Crippen MR) is 97.0 cm³/mol. The molecular weight excluding hydrogens is 383 g/mol. The molecule has 0 atom stereocenters. The highest BCUT2D eigenvalue weighted by molar-refractivity contribution is 6.31. The van der Waals surface area contributed by atoms with Crippen LogP contribution in [0.4, 0.5) is 24.5 Å². The van der Waals surface area contributed by atoms with Gasteiger partial charge in [-0.15, -0.1) is 0 Å². The third-order valence-corrected chi connectivity index (χ3v) is 4.91. The molecule has 0 bridgehead atoms. The zero-order valence-corrected chi connectivity index (χ0v) is 15.0. The molecule has 0 saturated carbocycles. The highest BCUT2D eigenvalue weighted by atomic mass is 35.5. The van der Waals surface area contributed by atoms with Crippen molar-refractivity contribution in [3.63, 3.8) is 0 Å². The number of alkyl halides is 3. The largest absolute Gasteiger partial charge is 0.416 e. The first-order valence-electron chi connectivity index (χ1n) is 8.31. The van der Waals surface area contributed by atoms with E-state index in [9.17, 15) is 23.3 Å². The Bertz CT molecular complexity index is 837. The first-order chi connectivity index (χ1) is 12.7. The molecule has 0 aromatic heterocycles. The molecule has 0 N–H and O–H groups in total. The van der Waals surface area contributed by atoms with Gasteiger partial charge in [0.2, 0.25) is 0 Å². The Morgan fingerprint density at radius 3 is 2.41 bits per heavy atom. The molecule has 0 amide bonds. The molecule has 1 aliphatic heterocycles. The zero-order chi connectivity index (χ0) is 19.6. The first-order valence-corrected chi connectivity index (χ1v) is 8.69. The van der Waals surface area contributed by atoms with Gasteiger partial charge in [-0.3, -0.25) is 15.0 Å². The molecule has 3 rings (SSSR count). The lowest BCUT2D eigenvalue weighted by Crippen LogP contribution is -2.46. The Morgan fingerprint density at radius 1 is 1.07 bits per heavy atom. The minimum Gasteiger partial charge on any atom is -0.369 e. The number of halogens is 4. The van der Waals surface area contributed by atoms with Gasteiger partial charge < -0.3 is 4.90 Å². The molecule has 27 heavy (non-hydrogen) atoms. The van der Waals surface area contributed by atoms with Gasteiger partial charge in [-0.05, 0) is 29.8 Å². The van der Waals surface area contributed by atoms with E-state index in [4.69, 9.17) is 11.6 Å². The lowest BCUT2D eigenvalue weighted by molar-refractivity contribution is -0.384. The Morgan fingerprint density at radius 2 is 1.78 bits per heavy atom. The van der Waals surface area contributed by atoms with Crippen LogP contribution in [0.2, 0.25) is 5.02 Å². The highest BCUT2D eigenvalue weighted by Gasteiger charge is 2.31. The van der Waals surface area contributed by atoms with Crippen LogP contribution in [0.15, 0.2) is 42.5 Å². The van der Waals surface area contributed by atoms with Crippen molar-refractivity contribution in [2.75, 3.05) is 31.1 Å². The number of rotatable bonds is 4. The summed E-state index contributed by atoms with van der Waals surface area (Å²) in [5, 5.41) is 11.4. The maximum Gasteiger partial charge on any atom is 0.416 e. The number of nitrogens with zero attached hydrogens (tertiary/aromatic N) is 3. The second-order valence-corrected chi connectivity index (χ2v) is 6.75. The van der Waals surface area contributed by atoms with E-state index in [1.807, 2.05) is 4.90 Å². The molecule has 0 spiro atoms. The Labute approximate surface area is 159 Å². The topological polar surface area (TPSA) is 49.6 Å². The number of hydrogen-bond acceptors (Lipinski definition) is 4. The van der Waals surface area contributed by atoms with Crippen molar-refractivity contribution < 1.29 is 18.1 Å². The smallest absolute Gasteiger partial charge is 0.369 e. The minimum atomic E-state index is -4.36. The molecular formula is C18H17ClF3N3O2.